The van der Waals surface area contributed by atoms with Crippen molar-refractivity contribution < 1.29 is 9.53 Å². The Morgan fingerprint density at radius 1 is 1.21 bits per heavy atom. The van der Waals surface area contributed by atoms with E-state index in [1.807, 2.05) is 36.4 Å². The fourth-order valence-electron chi connectivity index (χ4n) is 3.09. The highest BCUT2D eigenvalue weighted by Crippen LogP contribution is 2.35. The lowest BCUT2D eigenvalue weighted by Gasteiger charge is -2.25. The minimum Gasteiger partial charge on any atom is -0.493 e. The first kappa shape index (κ1) is 15.1. The van der Waals surface area contributed by atoms with Crippen LogP contribution in [0.1, 0.15) is 29.3 Å². The molecule has 5 heteroatoms. The lowest BCUT2D eigenvalue weighted by Crippen LogP contribution is -2.26. The third-order valence-corrected chi connectivity index (χ3v) is 5.33. The Labute approximate surface area is 144 Å². The van der Waals surface area contributed by atoms with Crippen LogP contribution in [-0.4, -0.2) is 17.5 Å². The molecule has 1 N–H and O–H groups in total. The number of thiazole rings is 1. The van der Waals surface area contributed by atoms with E-state index in [0.29, 0.717) is 19.6 Å². The summed E-state index contributed by atoms with van der Waals surface area (Å²) < 4.78 is 6.81. The molecule has 2 heterocycles. The molecule has 1 amide bonds. The van der Waals surface area contributed by atoms with Gasteiger partial charge >= 0.3 is 0 Å². The Bertz CT molecular complexity index is 841. The molecule has 1 aliphatic rings. The van der Waals surface area contributed by atoms with Gasteiger partial charge in [0.1, 0.15) is 10.8 Å². The van der Waals surface area contributed by atoms with Crippen molar-refractivity contribution in [3.05, 3.63) is 59.1 Å². The minimum absolute atomic E-state index is 0.0657. The van der Waals surface area contributed by atoms with Gasteiger partial charge in [0.25, 0.3) is 0 Å². The molecule has 0 saturated heterocycles. The Hall–Kier alpha value is -2.40. The molecule has 2 aromatic carbocycles. The molecule has 24 heavy (non-hydrogen) atoms. The SMILES string of the molecule is O=C(C[C@@H]1CCOc2ccccc21)NCc1nc2ccccc2s1. The topological polar surface area (TPSA) is 51.2 Å². The van der Waals surface area contributed by atoms with Crippen molar-refractivity contribution in [1.29, 1.82) is 0 Å². The molecule has 0 unspecified atom stereocenters. The van der Waals surface area contributed by atoms with Crippen LogP contribution in [0.2, 0.25) is 0 Å². The van der Waals surface area contributed by atoms with Crippen LogP contribution in [0.5, 0.6) is 5.75 Å². The van der Waals surface area contributed by atoms with E-state index >= 15 is 0 Å². The Balaban J connectivity index is 1.39. The van der Waals surface area contributed by atoms with E-state index in [-0.39, 0.29) is 11.8 Å². The van der Waals surface area contributed by atoms with Gasteiger partial charge in [-0.05, 0) is 36.1 Å². The number of amides is 1. The van der Waals surface area contributed by atoms with Gasteiger partial charge in [0, 0.05) is 6.42 Å². The van der Waals surface area contributed by atoms with Crippen molar-refractivity contribution in [3.8, 4) is 5.75 Å². The van der Waals surface area contributed by atoms with Crippen molar-refractivity contribution in [2.45, 2.75) is 25.3 Å². The molecule has 0 spiro atoms. The number of fused-ring (bicyclic) bond motifs is 2. The molecule has 0 aliphatic carbocycles. The molecule has 4 nitrogen and oxygen atoms in total. The molecule has 4 rings (SSSR count). The van der Waals surface area contributed by atoms with Crippen LogP contribution < -0.4 is 10.1 Å². The van der Waals surface area contributed by atoms with Gasteiger partial charge in [-0.1, -0.05) is 30.3 Å². The van der Waals surface area contributed by atoms with E-state index in [1.165, 1.54) is 0 Å². The molecule has 3 aromatic rings. The monoisotopic (exact) mass is 338 g/mol. The van der Waals surface area contributed by atoms with Gasteiger partial charge in [-0.15, -0.1) is 11.3 Å². The van der Waals surface area contributed by atoms with E-state index in [4.69, 9.17) is 4.74 Å². The summed E-state index contributed by atoms with van der Waals surface area (Å²) in [7, 11) is 0. The number of hydrogen-bond acceptors (Lipinski definition) is 4. The number of para-hydroxylation sites is 2. The number of carbonyl (C=O) groups is 1. The minimum atomic E-state index is 0.0657. The fraction of sp³-hybridized carbons (Fsp3) is 0.263. The number of nitrogens with zero attached hydrogens (tertiary/aromatic N) is 1. The number of nitrogens with one attached hydrogen (secondary N) is 1. The highest BCUT2D eigenvalue weighted by molar-refractivity contribution is 7.18. The fourth-order valence-corrected chi connectivity index (χ4v) is 4.00. The van der Waals surface area contributed by atoms with Gasteiger partial charge in [0.05, 0.1) is 23.4 Å². The van der Waals surface area contributed by atoms with Crippen molar-refractivity contribution in [3.63, 3.8) is 0 Å². The third kappa shape index (κ3) is 3.12. The second kappa shape index (κ2) is 6.61. The average molecular weight is 338 g/mol. The number of aromatic nitrogens is 1. The summed E-state index contributed by atoms with van der Waals surface area (Å²) >= 11 is 1.63. The van der Waals surface area contributed by atoms with Crippen molar-refractivity contribution in [1.82, 2.24) is 10.3 Å². The van der Waals surface area contributed by atoms with Crippen LogP contribution in [0.25, 0.3) is 10.2 Å². The first-order chi connectivity index (χ1) is 11.8. The number of rotatable bonds is 4. The standard InChI is InChI=1S/C19H18N2O2S/c22-18(11-13-9-10-23-16-7-3-1-5-14(13)16)20-12-19-21-15-6-2-4-8-17(15)24-19/h1-8,13H,9-12H2,(H,20,22)/t13-/m0/s1. The Kier molecular flexibility index (Phi) is 4.17. The van der Waals surface area contributed by atoms with E-state index < -0.39 is 0 Å². The van der Waals surface area contributed by atoms with Crippen LogP contribution in [-0.2, 0) is 11.3 Å². The van der Waals surface area contributed by atoms with Crippen LogP contribution in [0.4, 0.5) is 0 Å². The maximum absolute atomic E-state index is 12.3. The zero-order valence-electron chi connectivity index (χ0n) is 13.2. The maximum atomic E-state index is 12.3. The quantitative estimate of drug-likeness (QED) is 0.786. The molecular formula is C19H18N2O2S. The van der Waals surface area contributed by atoms with Crippen LogP contribution >= 0.6 is 11.3 Å². The summed E-state index contributed by atoms with van der Waals surface area (Å²) in [6.07, 6.45) is 1.37. The summed E-state index contributed by atoms with van der Waals surface area (Å²) in [5, 5.41) is 3.95. The lowest BCUT2D eigenvalue weighted by atomic mass is 9.90. The average Bonchev–Trinajstić information content (AvgIpc) is 3.03. The zero-order chi connectivity index (χ0) is 16.4. The van der Waals surface area contributed by atoms with Crippen LogP contribution in [0, 0.1) is 0 Å². The molecule has 0 bridgehead atoms. The highest BCUT2D eigenvalue weighted by atomic mass is 32.1. The normalized spacial score (nSPS) is 16.4. The maximum Gasteiger partial charge on any atom is 0.220 e. The van der Waals surface area contributed by atoms with E-state index in [1.54, 1.807) is 11.3 Å². The van der Waals surface area contributed by atoms with Crippen molar-refractivity contribution >= 4 is 27.5 Å². The molecule has 0 fully saturated rings. The molecule has 122 valence electrons. The Morgan fingerprint density at radius 3 is 2.96 bits per heavy atom. The number of hydrogen-bond donors (Lipinski definition) is 1. The zero-order valence-corrected chi connectivity index (χ0v) is 14.0. The molecule has 0 radical (unpaired) electrons. The second-order valence-corrected chi connectivity index (χ2v) is 7.04. The summed E-state index contributed by atoms with van der Waals surface area (Å²) in [6, 6.07) is 16.0. The molecule has 1 atom stereocenters. The van der Waals surface area contributed by atoms with Crippen LogP contribution in [0.15, 0.2) is 48.5 Å². The number of benzene rings is 2. The van der Waals surface area contributed by atoms with Gasteiger partial charge in [0.2, 0.25) is 5.91 Å². The summed E-state index contributed by atoms with van der Waals surface area (Å²) in [6.45, 7) is 1.16. The molecule has 1 aromatic heterocycles. The van der Waals surface area contributed by atoms with E-state index in [0.717, 1.165) is 33.0 Å². The van der Waals surface area contributed by atoms with Gasteiger partial charge in [0.15, 0.2) is 0 Å². The van der Waals surface area contributed by atoms with Crippen molar-refractivity contribution in [2.24, 2.45) is 0 Å². The summed E-state index contributed by atoms with van der Waals surface area (Å²) in [5.74, 6) is 1.20. The van der Waals surface area contributed by atoms with Gasteiger partial charge in [-0.3, -0.25) is 4.79 Å². The first-order valence-corrected chi connectivity index (χ1v) is 8.94. The largest absolute Gasteiger partial charge is 0.493 e. The van der Waals surface area contributed by atoms with Crippen LogP contribution in [0.3, 0.4) is 0 Å². The van der Waals surface area contributed by atoms with Gasteiger partial charge in [-0.25, -0.2) is 4.98 Å². The second-order valence-electron chi connectivity index (χ2n) is 5.93. The number of ether oxygens (including phenoxy) is 1. The first-order valence-electron chi connectivity index (χ1n) is 8.12. The molecular weight excluding hydrogens is 320 g/mol. The predicted molar refractivity (Wildman–Crippen MR) is 95.4 cm³/mol. The van der Waals surface area contributed by atoms with E-state index in [2.05, 4.69) is 22.4 Å². The number of carbonyl (C=O) groups excluding carboxylic acids is 1. The third-order valence-electron chi connectivity index (χ3n) is 4.29. The summed E-state index contributed by atoms with van der Waals surface area (Å²) in [5.41, 5.74) is 2.13. The molecule has 0 saturated carbocycles. The predicted octanol–water partition coefficient (Wildman–Crippen LogP) is 3.87. The van der Waals surface area contributed by atoms with Crippen molar-refractivity contribution in [2.75, 3.05) is 6.61 Å². The van der Waals surface area contributed by atoms with E-state index in [9.17, 15) is 4.79 Å². The van der Waals surface area contributed by atoms with Gasteiger partial charge in [-0.2, -0.15) is 0 Å². The Morgan fingerprint density at radius 2 is 2.04 bits per heavy atom. The summed E-state index contributed by atoms with van der Waals surface area (Å²) in [4.78, 5) is 16.9. The highest BCUT2D eigenvalue weighted by Gasteiger charge is 2.23. The lowest BCUT2D eigenvalue weighted by molar-refractivity contribution is -0.121. The van der Waals surface area contributed by atoms with Gasteiger partial charge < -0.3 is 10.1 Å². The molecule has 1 aliphatic heterocycles. The smallest absolute Gasteiger partial charge is 0.220 e.